The van der Waals surface area contributed by atoms with E-state index in [0.717, 1.165) is 18.4 Å². The van der Waals surface area contributed by atoms with Crippen molar-refractivity contribution < 1.29 is 23.9 Å². The predicted octanol–water partition coefficient (Wildman–Crippen LogP) is 1.41. The summed E-state index contributed by atoms with van der Waals surface area (Å²) in [5, 5.41) is 4.52. The van der Waals surface area contributed by atoms with E-state index >= 15 is 0 Å². The lowest BCUT2D eigenvalue weighted by molar-refractivity contribution is -0.150. The van der Waals surface area contributed by atoms with E-state index in [4.69, 9.17) is 9.47 Å². The number of aryl methyl sites for hydroxylation is 1. The SMILES string of the molecule is CCCNC(=O)NC(=O)COC(=O)COc1ccc(CC)cc1. The Balaban J connectivity index is 2.22. The van der Waals surface area contributed by atoms with Crippen LogP contribution in [0.1, 0.15) is 25.8 Å². The number of hydrogen-bond donors (Lipinski definition) is 2. The van der Waals surface area contributed by atoms with Crippen molar-refractivity contribution in [2.24, 2.45) is 0 Å². The third-order valence-corrected chi connectivity index (χ3v) is 2.84. The van der Waals surface area contributed by atoms with Crippen LogP contribution >= 0.6 is 0 Å². The Morgan fingerprint density at radius 1 is 1.04 bits per heavy atom. The van der Waals surface area contributed by atoms with Crippen LogP contribution in [0.2, 0.25) is 0 Å². The summed E-state index contributed by atoms with van der Waals surface area (Å²) in [6.07, 6.45) is 1.68. The van der Waals surface area contributed by atoms with Gasteiger partial charge in [-0.1, -0.05) is 26.0 Å². The standard InChI is InChI=1S/C16H22N2O5/c1-3-9-17-16(21)18-14(19)10-23-15(20)11-22-13-7-5-12(4-2)6-8-13/h5-8H,3-4,9-11H2,1-2H3,(H2,17,18,19,21). The van der Waals surface area contributed by atoms with Gasteiger partial charge in [0.05, 0.1) is 0 Å². The molecular formula is C16H22N2O5. The molecule has 1 rings (SSSR count). The Morgan fingerprint density at radius 3 is 2.35 bits per heavy atom. The maximum absolute atomic E-state index is 11.5. The zero-order valence-corrected chi connectivity index (χ0v) is 13.4. The monoisotopic (exact) mass is 322 g/mol. The molecule has 0 saturated heterocycles. The average molecular weight is 322 g/mol. The molecule has 1 aromatic carbocycles. The summed E-state index contributed by atoms with van der Waals surface area (Å²) in [5.74, 6) is -0.838. The van der Waals surface area contributed by atoms with Crippen molar-refractivity contribution in [1.29, 1.82) is 0 Å². The minimum Gasteiger partial charge on any atom is -0.482 e. The molecule has 1 aromatic rings. The van der Waals surface area contributed by atoms with Crippen molar-refractivity contribution in [3.05, 3.63) is 29.8 Å². The third kappa shape index (κ3) is 7.85. The highest BCUT2D eigenvalue weighted by atomic mass is 16.6. The molecule has 0 aromatic heterocycles. The summed E-state index contributed by atoms with van der Waals surface area (Å²) in [6.45, 7) is 3.56. The minimum absolute atomic E-state index is 0.305. The van der Waals surface area contributed by atoms with Crippen LogP contribution in [0.15, 0.2) is 24.3 Å². The van der Waals surface area contributed by atoms with Gasteiger partial charge in [-0.2, -0.15) is 0 Å². The molecule has 7 nitrogen and oxygen atoms in total. The summed E-state index contributed by atoms with van der Waals surface area (Å²) >= 11 is 0. The molecule has 0 aliphatic heterocycles. The number of rotatable bonds is 8. The van der Waals surface area contributed by atoms with Gasteiger partial charge in [0.1, 0.15) is 5.75 Å². The molecule has 0 radical (unpaired) electrons. The molecule has 0 bridgehead atoms. The van der Waals surface area contributed by atoms with E-state index in [1.165, 1.54) is 0 Å². The molecule has 0 heterocycles. The van der Waals surface area contributed by atoms with E-state index in [9.17, 15) is 14.4 Å². The molecule has 0 aliphatic carbocycles. The third-order valence-electron chi connectivity index (χ3n) is 2.84. The van der Waals surface area contributed by atoms with Gasteiger partial charge in [0.15, 0.2) is 13.2 Å². The van der Waals surface area contributed by atoms with Gasteiger partial charge >= 0.3 is 12.0 Å². The van der Waals surface area contributed by atoms with Crippen LogP contribution in [0.5, 0.6) is 5.75 Å². The average Bonchev–Trinajstić information content (AvgIpc) is 2.56. The molecular weight excluding hydrogens is 300 g/mol. The fraction of sp³-hybridized carbons (Fsp3) is 0.438. The number of amides is 3. The minimum atomic E-state index is -0.695. The van der Waals surface area contributed by atoms with Crippen LogP contribution in [-0.2, 0) is 20.7 Å². The Hall–Kier alpha value is -2.57. The van der Waals surface area contributed by atoms with Crippen LogP contribution in [0, 0.1) is 0 Å². The summed E-state index contributed by atoms with van der Waals surface area (Å²) in [6, 6.07) is 6.72. The zero-order valence-electron chi connectivity index (χ0n) is 13.4. The van der Waals surface area contributed by atoms with E-state index < -0.39 is 24.5 Å². The van der Waals surface area contributed by atoms with Crippen LogP contribution in [0.25, 0.3) is 0 Å². The van der Waals surface area contributed by atoms with Crippen LogP contribution in [-0.4, -0.2) is 37.7 Å². The van der Waals surface area contributed by atoms with E-state index in [-0.39, 0.29) is 6.61 Å². The second kappa shape index (κ2) is 10.2. The van der Waals surface area contributed by atoms with Crippen LogP contribution < -0.4 is 15.4 Å². The van der Waals surface area contributed by atoms with Crippen molar-refractivity contribution in [2.45, 2.75) is 26.7 Å². The Bertz CT molecular complexity index is 528. The topological polar surface area (TPSA) is 93.7 Å². The first-order chi connectivity index (χ1) is 11.0. The summed E-state index contributed by atoms with van der Waals surface area (Å²) in [5.41, 5.74) is 1.16. The quantitative estimate of drug-likeness (QED) is 0.706. The number of benzene rings is 1. The van der Waals surface area contributed by atoms with Crippen molar-refractivity contribution in [3.63, 3.8) is 0 Å². The molecule has 3 amide bonds. The lowest BCUT2D eigenvalue weighted by Gasteiger charge is -2.08. The largest absolute Gasteiger partial charge is 0.482 e. The maximum Gasteiger partial charge on any atom is 0.344 e. The van der Waals surface area contributed by atoms with Gasteiger partial charge in [0.25, 0.3) is 5.91 Å². The fourth-order valence-electron chi connectivity index (χ4n) is 1.60. The van der Waals surface area contributed by atoms with E-state index in [1.807, 2.05) is 31.3 Å². The summed E-state index contributed by atoms with van der Waals surface area (Å²) in [4.78, 5) is 34.1. The highest BCUT2D eigenvalue weighted by Gasteiger charge is 2.11. The van der Waals surface area contributed by atoms with E-state index in [2.05, 4.69) is 5.32 Å². The lowest BCUT2D eigenvalue weighted by Crippen LogP contribution is -2.41. The van der Waals surface area contributed by atoms with Crippen molar-refractivity contribution in [1.82, 2.24) is 10.6 Å². The van der Waals surface area contributed by atoms with Crippen molar-refractivity contribution in [3.8, 4) is 5.75 Å². The molecule has 0 unspecified atom stereocenters. The Labute approximate surface area is 135 Å². The van der Waals surface area contributed by atoms with Gasteiger partial charge in [0, 0.05) is 6.54 Å². The van der Waals surface area contributed by atoms with Gasteiger partial charge in [-0.15, -0.1) is 0 Å². The highest BCUT2D eigenvalue weighted by Crippen LogP contribution is 2.12. The predicted molar refractivity (Wildman–Crippen MR) is 84.1 cm³/mol. The van der Waals surface area contributed by atoms with Gasteiger partial charge in [0.2, 0.25) is 0 Å². The Kier molecular flexibility index (Phi) is 8.20. The van der Waals surface area contributed by atoms with Crippen molar-refractivity contribution in [2.75, 3.05) is 19.8 Å². The second-order valence-electron chi connectivity index (χ2n) is 4.75. The number of esters is 1. The molecule has 2 N–H and O–H groups in total. The van der Waals surface area contributed by atoms with Crippen molar-refractivity contribution >= 4 is 17.9 Å². The smallest absolute Gasteiger partial charge is 0.344 e. The van der Waals surface area contributed by atoms with Gasteiger partial charge < -0.3 is 14.8 Å². The highest BCUT2D eigenvalue weighted by molar-refractivity contribution is 5.95. The zero-order chi connectivity index (χ0) is 17.1. The number of carbonyl (C=O) groups excluding carboxylic acids is 3. The van der Waals surface area contributed by atoms with Crippen LogP contribution in [0.4, 0.5) is 4.79 Å². The first-order valence-electron chi connectivity index (χ1n) is 7.50. The maximum atomic E-state index is 11.5. The van der Waals surface area contributed by atoms with E-state index in [1.54, 1.807) is 12.1 Å². The molecule has 0 spiro atoms. The number of imide groups is 1. The second-order valence-corrected chi connectivity index (χ2v) is 4.75. The van der Waals surface area contributed by atoms with Crippen LogP contribution in [0.3, 0.4) is 0 Å². The molecule has 0 aliphatic rings. The summed E-state index contributed by atoms with van der Waals surface area (Å²) < 4.78 is 9.97. The molecule has 0 saturated carbocycles. The van der Waals surface area contributed by atoms with Gasteiger partial charge in [-0.25, -0.2) is 9.59 Å². The van der Waals surface area contributed by atoms with Gasteiger partial charge in [-0.05, 0) is 30.5 Å². The number of carbonyl (C=O) groups is 3. The molecule has 0 atom stereocenters. The normalized spacial score (nSPS) is 9.83. The number of nitrogens with one attached hydrogen (secondary N) is 2. The first-order valence-corrected chi connectivity index (χ1v) is 7.50. The van der Waals surface area contributed by atoms with E-state index in [0.29, 0.717) is 12.3 Å². The van der Waals surface area contributed by atoms with Gasteiger partial charge in [-0.3, -0.25) is 10.1 Å². The first kappa shape index (κ1) is 18.5. The molecule has 126 valence electrons. The Morgan fingerprint density at radius 2 is 1.74 bits per heavy atom. The summed E-state index contributed by atoms with van der Waals surface area (Å²) in [7, 11) is 0. The molecule has 0 fully saturated rings. The molecule has 7 heteroatoms. The fourth-order valence-corrected chi connectivity index (χ4v) is 1.60. The number of ether oxygens (including phenoxy) is 2. The number of urea groups is 1. The molecule has 23 heavy (non-hydrogen) atoms. The number of hydrogen-bond acceptors (Lipinski definition) is 5. The lowest BCUT2D eigenvalue weighted by atomic mass is 10.2.